The Morgan fingerprint density at radius 2 is 1.87 bits per heavy atom. The van der Waals surface area contributed by atoms with Crippen LogP contribution in [-0.4, -0.2) is 57.7 Å². The van der Waals surface area contributed by atoms with Crippen molar-refractivity contribution < 1.29 is 8.42 Å². The Bertz CT molecular complexity index is 424. The maximum absolute atomic E-state index is 11.6. The van der Waals surface area contributed by atoms with E-state index in [0.29, 0.717) is 19.1 Å². The average Bonchev–Trinajstić information content (AvgIpc) is 2.53. The van der Waals surface area contributed by atoms with Crippen molar-refractivity contribution in [3.05, 3.63) is 0 Å². The first-order valence-electron chi connectivity index (χ1n) is 8.78. The molecule has 0 aliphatic heterocycles. The van der Waals surface area contributed by atoms with Gasteiger partial charge in [0.1, 0.15) is 0 Å². The first-order chi connectivity index (χ1) is 10.9. The maximum Gasteiger partial charge on any atom is 0.213 e. The van der Waals surface area contributed by atoms with Gasteiger partial charge in [-0.25, -0.2) is 12.7 Å². The highest BCUT2D eigenvalue weighted by molar-refractivity contribution is 7.89. The number of sulfonamides is 1. The summed E-state index contributed by atoms with van der Waals surface area (Å²) in [5.74, 6) is 0.935. The third-order valence-corrected chi connectivity index (χ3v) is 5.74. The zero-order valence-electron chi connectivity index (χ0n) is 15.6. The topological polar surface area (TPSA) is 73.8 Å². The zero-order chi connectivity index (χ0) is 17.7. The van der Waals surface area contributed by atoms with Crippen molar-refractivity contribution in [2.45, 2.75) is 65.3 Å². The van der Waals surface area contributed by atoms with E-state index in [0.717, 1.165) is 18.8 Å². The second-order valence-electron chi connectivity index (χ2n) is 5.97. The van der Waals surface area contributed by atoms with Crippen LogP contribution in [0.25, 0.3) is 0 Å². The molecule has 0 aliphatic rings. The van der Waals surface area contributed by atoms with Gasteiger partial charge in [-0.15, -0.1) is 0 Å². The molecule has 23 heavy (non-hydrogen) atoms. The number of hydrogen-bond acceptors (Lipinski definition) is 3. The summed E-state index contributed by atoms with van der Waals surface area (Å²) in [5, 5.41) is 6.62. The van der Waals surface area contributed by atoms with Crippen molar-refractivity contribution in [3.63, 3.8) is 0 Å². The quantitative estimate of drug-likeness (QED) is 0.322. The third kappa shape index (κ3) is 10.5. The molecule has 1 atom stereocenters. The lowest BCUT2D eigenvalue weighted by Crippen LogP contribution is -2.43. The van der Waals surface area contributed by atoms with Gasteiger partial charge in [-0.2, -0.15) is 0 Å². The van der Waals surface area contributed by atoms with E-state index >= 15 is 0 Å². The van der Waals surface area contributed by atoms with Gasteiger partial charge in [0.05, 0.1) is 5.75 Å². The minimum atomic E-state index is -3.08. The number of guanidine groups is 1. The number of aliphatic imine (C=N–C) groups is 1. The standard InChI is InChI=1S/C16H36N4O2S/c1-6-8-9-10-12-15(3)19-16(17-4)18-13-11-14-20(5)23(21,22)7-2/h15H,6-14H2,1-5H3,(H2,17,18,19). The maximum atomic E-state index is 11.6. The molecular weight excluding hydrogens is 312 g/mol. The van der Waals surface area contributed by atoms with Crippen LogP contribution < -0.4 is 10.6 Å². The highest BCUT2D eigenvalue weighted by Crippen LogP contribution is 2.05. The first-order valence-corrected chi connectivity index (χ1v) is 10.4. The van der Waals surface area contributed by atoms with Gasteiger partial charge in [0.25, 0.3) is 0 Å². The zero-order valence-corrected chi connectivity index (χ0v) is 16.4. The number of nitrogens with one attached hydrogen (secondary N) is 2. The summed E-state index contributed by atoms with van der Waals surface area (Å²) in [6, 6.07) is 0.390. The van der Waals surface area contributed by atoms with E-state index in [-0.39, 0.29) is 5.75 Å². The third-order valence-electron chi connectivity index (χ3n) is 3.88. The Labute approximate surface area is 143 Å². The Balaban J connectivity index is 3.94. The minimum absolute atomic E-state index is 0.149. The van der Waals surface area contributed by atoms with Crippen LogP contribution >= 0.6 is 0 Å². The molecule has 138 valence electrons. The highest BCUT2D eigenvalue weighted by Gasteiger charge is 2.14. The molecule has 0 spiro atoms. The van der Waals surface area contributed by atoms with Crippen LogP contribution in [0.4, 0.5) is 0 Å². The van der Waals surface area contributed by atoms with E-state index in [1.54, 1.807) is 21.0 Å². The Morgan fingerprint density at radius 1 is 1.17 bits per heavy atom. The molecule has 0 aromatic carbocycles. The van der Waals surface area contributed by atoms with Gasteiger partial charge in [0.15, 0.2) is 5.96 Å². The van der Waals surface area contributed by atoms with Crippen LogP contribution in [0.1, 0.15) is 59.3 Å². The minimum Gasteiger partial charge on any atom is -0.356 e. The van der Waals surface area contributed by atoms with Gasteiger partial charge >= 0.3 is 0 Å². The van der Waals surface area contributed by atoms with Crippen LogP contribution in [-0.2, 0) is 10.0 Å². The molecule has 0 fully saturated rings. The Morgan fingerprint density at radius 3 is 2.43 bits per heavy atom. The van der Waals surface area contributed by atoms with E-state index in [9.17, 15) is 8.42 Å². The van der Waals surface area contributed by atoms with Crippen LogP contribution in [0.15, 0.2) is 4.99 Å². The molecule has 0 saturated heterocycles. The van der Waals surface area contributed by atoms with E-state index in [1.165, 1.54) is 30.0 Å². The van der Waals surface area contributed by atoms with Crippen LogP contribution in [0.5, 0.6) is 0 Å². The predicted molar refractivity (Wildman–Crippen MR) is 99.4 cm³/mol. The molecule has 0 saturated carbocycles. The van der Waals surface area contributed by atoms with Gasteiger partial charge in [-0.05, 0) is 26.7 Å². The number of nitrogens with zero attached hydrogens (tertiary/aromatic N) is 2. The van der Waals surface area contributed by atoms with Crippen molar-refractivity contribution >= 4 is 16.0 Å². The molecule has 0 amide bonds. The molecule has 0 heterocycles. The molecule has 0 rings (SSSR count). The lowest BCUT2D eigenvalue weighted by Gasteiger charge is -2.19. The van der Waals surface area contributed by atoms with Crippen molar-refractivity contribution in [2.75, 3.05) is 32.9 Å². The molecule has 0 aliphatic carbocycles. The number of hydrogen-bond donors (Lipinski definition) is 2. The molecule has 7 heteroatoms. The molecule has 1 unspecified atom stereocenters. The van der Waals surface area contributed by atoms with Crippen LogP contribution in [0.3, 0.4) is 0 Å². The average molecular weight is 349 g/mol. The molecule has 0 aromatic heterocycles. The lowest BCUT2D eigenvalue weighted by atomic mass is 10.1. The predicted octanol–water partition coefficient (Wildman–Crippen LogP) is 2.18. The summed E-state index contributed by atoms with van der Waals surface area (Å²) in [6.07, 6.45) is 6.96. The van der Waals surface area contributed by atoms with Gasteiger partial charge in [0.2, 0.25) is 10.0 Å². The second-order valence-corrected chi connectivity index (χ2v) is 8.33. The number of unbranched alkanes of at least 4 members (excludes halogenated alkanes) is 3. The fraction of sp³-hybridized carbons (Fsp3) is 0.938. The molecule has 0 bridgehead atoms. The summed E-state index contributed by atoms with van der Waals surface area (Å²) >= 11 is 0. The highest BCUT2D eigenvalue weighted by atomic mass is 32.2. The first kappa shape index (κ1) is 22.2. The second kappa shape index (κ2) is 12.6. The van der Waals surface area contributed by atoms with Crippen LogP contribution in [0.2, 0.25) is 0 Å². The van der Waals surface area contributed by atoms with E-state index < -0.39 is 10.0 Å². The lowest BCUT2D eigenvalue weighted by molar-refractivity contribution is 0.460. The molecular formula is C16H36N4O2S. The van der Waals surface area contributed by atoms with Crippen molar-refractivity contribution in [1.29, 1.82) is 0 Å². The molecule has 0 radical (unpaired) electrons. The summed E-state index contributed by atoms with van der Waals surface area (Å²) in [5.41, 5.74) is 0. The SMILES string of the molecule is CCCCCCC(C)NC(=NC)NCCCN(C)S(=O)(=O)CC. The summed E-state index contributed by atoms with van der Waals surface area (Å²) in [7, 11) is 0.307. The normalized spacial score (nSPS) is 14.1. The van der Waals surface area contributed by atoms with Crippen molar-refractivity contribution in [3.8, 4) is 0 Å². The molecule has 0 aromatic rings. The Kier molecular flexibility index (Phi) is 12.1. The van der Waals surface area contributed by atoms with E-state index in [2.05, 4.69) is 29.5 Å². The van der Waals surface area contributed by atoms with Crippen molar-refractivity contribution in [2.24, 2.45) is 4.99 Å². The van der Waals surface area contributed by atoms with Crippen LogP contribution in [0, 0.1) is 0 Å². The van der Waals surface area contributed by atoms with Gasteiger partial charge in [0, 0.05) is 33.2 Å². The number of rotatable bonds is 12. The summed E-state index contributed by atoms with van der Waals surface area (Å²) in [6.45, 7) is 7.27. The largest absolute Gasteiger partial charge is 0.356 e. The monoisotopic (exact) mass is 348 g/mol. The van der Waals surface area contributed by atoms with E-state index in [1.807, 2.05) is 0 Å². The van der Waals surface area contributed by atoms with Gasteiger partial charge in [-0.3, -0.25) is 4.99 Å². The molecule has 6 nitrogen and oxygen atoms in total. The van der Waals surface area contributed by atoms with Gasteiger partial charge in [-0.1, -0.05) is 32.6 Å². The van der Waals surface area contributed by atoms with E-state index in [4.69, 9.17) is 0 Å². The van der Waals surface area contributed by atoms with Crippen molar-refractivity contribution in [1.82, 2.24) is 14.9 Å². The van der Waals surface area contributed by atoms with Gasteiger partial charge < -0.3 is 10.6 Å². The fourth-order valence-electron chi connectivity index (χ4n) is 2.25. The molecule has 2 N–H and O–H groups in total. The smallest absolute Gasteiger partial charge is 0.213 e. The summed E-state index contributed by atoms with van der Waals surface area (Å²) < 4.78 is 24.7. The summed E-state index contributed by atoms with van der Waals surface area (Å²) in [4.78, 5) is 4.22. The Hall–Kier alpha value is -0.820. The fourth-order valence-corrected chi connectivity index (χ4v) is 3.09.